The quantitative estimate of drug-likeness (QED) is 0.686. The van der Waals surface area contributed by atoms with Gasteiger partial charge in [-0.3, -0.25) is 0 Å². The van der Waals surface area contributed by atoms with Crippen LogP contribution in [-0.2, 0) is 0 Å². The third kappa shape index (κ3) is 4.08. The molecule has 2 rings (SSSR count). The highest BCUT2D eigenvalue weighted by Crippen LogP contribution is 2.42. The van der Waals surface area contributed by atoms with Gasteiger partial charge in [0.15, 0.2) is 0 Å². The zero-order valence-corrected chi connectivity index (χ0v) is 13.1. The van der Waals surface area contributed by atoms with Crippen LogP contribution in [0, 0.1) is 5.41 Å². The van der Waals surface area contributed by atoms with Gasteiger partial charge < -0.3 is 5.32 Å². The molecule has 1 saturated carbocycles. The fourth-order valence-corrected chi connectivity index (χ4v) is 4.16. The van der Waals surface area contributed by atoms with E-state index < -0.39 is 0 Å². The molecule has 110 valence electrons. The van der Waals surface area contributed by atoms with E-state index in [1.807, 2.05) is 0 Å². The van der Waals surface area contributed by atoms with E-state index in [-0.39, 0.29) is 0 Å². The van der Waals surface area contributed by atoms with E-state index in [2.05, 4.69) is 25.2 Å². The van der Waals surface area contributed by atoms with Crippen LogP contribution in [0.5, 0.6) is 0 Å². The zero-order chi connectivity index (χ0) is 13.6. The molecule has 0 spiro atoms. The first-order chi connectivity index (χ1) is 9.26. The van der Waals surface area contributed by atoms with E-state index in [0.717, 1.165) is 6.54 Å². The lowest BCUT2D eigenvalue weighted by Crippen LogP contribution is -2.46. The maximum atomic E-state index is 3.84. The second kappa shape index (κ2) is 7.47. The minimum absolute atomic E-state index is 0.513. The second-order valence-electron chi connectivity index (χ2n) is 6.94. The normalized spacial score (nSPS) is 26.1. The number of likely N-dealkylation sites (N-methyl/N-ethyl adjacent to an activating group) is 1. The minimum Gasteiger partial charge on any atom is -0.310 e. The van der Waals surface area contributed by atoms with Crippen molar-refractivity contribution in [3.63, 3.8) is 0 Å². The van der Waals surface area contributed by atoms with Gasteiger partial charge in [0.2, 0.25) is 0 Å². The molecule has 0 amide bonds. The van der Waals surface area contributed by atoms with Crippen LogP contribution in [-0.4, -0.2) is 12.6 Å². The molecule has 2 aliphatic rings. The fraction of sp³-hybridized carbons (Fsp3) is 0.889. The maximum absolute atomic E-state index is 3.84. The van der Waals surface area contributed by atoms with Crippen molar-refractivity contribution in [2.24, 2.45) is 5.41 Å². The monoisotopic (exact) mass is 263 g/mol. The number of rotatable bonds is 4. The van der Waals surface area contributed by atoms with Crippen LogP contribution in [0.15, 0.2) is 11.6 Å². The molecule has 0 saturated heterocycles. The van der Waals surface area contributed by atoms with Crippen LogP contribution in [0.1, 0.15) is 84.5 Å². The maximum Gasteiger partial charge on any atom is 0.0333 e. The third-order valence-electron chi connectivity index (χ3n) is 5.30. The molecule has 0 aromatic heterocycles. The lowest BCUT2D eigenvalue weighted by Gasteiger charge is -2.43. The van der Waals surface area contributed by atoms with Crippen molar-refractivity contribution in [1.82, 2.24) is 5.32 Å². The zero-order valence-electron chi connectivity index (χ0n) is 13.1. The van der Waals surface area contributed by atoms with Gasteiger partial charge in [-0.25, -0.2) is 0 Å². The second-order valence-corrected chi connectivity index (χ2v) is 6.94. The Balaban J connectivity index is 2.12. The van der Waals surface area contributed by atoms with Gasteiger partial charge in [0.05, 0.1) is 0 Å². The molecule has 1 N–H and O–H groups in total. The van der Waals surface area contributed by atoms with Crippen molar-refractivity contribution in [2.75, 3.05) is 6.54 Å². The van der Waals surface area contributed by atoms with Gasteiger partial charge in [0.25, 0.3) is 0 Å². The molecule has 19 heavy (non-hydrogen) atoms. The standard InChI is InChI=1S/C18H33N/c1-3-19-17(18(2)14-10-7-11-15-18)16-12-8-5-4-6-9-13-16/h12,17,19H,3-11,13-15H2,1-2H3. The molecule has 0 aliphatic heterocycles. The van der Waals surface area contributed by atoms with Crippen LogP contribution in [0.3, 0.4) is 0 Å². The predicted octanol–water partition coefficient (Wildman–Crippen LogP) is 5.22. The summed E-state index contributed by atoms with van der Waals surface area (Å²) in [6, 6.07) is 0.649. The summed E-state index contributed by atoms with van der Waals surface area (Å²) in [5.41, 5.74) is 2.25. The van der Waals surface area contributed by atoms with Crippen LogP contribution in [0.2, 0.25) is 0 Å². The largest absolute Gasteiger partial charge is 0.310 e. The van der Waals surface area contributed by atoms with E-state index >= 15 is 0 Å². The van der Waals surface area contributed by atoms with Gasteiger partial charge in [-0.2, -0.15) is 0 Å². The van der Waals surface area contributed by atoms with Gasteiger partial charge in [-0.15, -0.1) is 0 Å². The molecule has 0 bridgehead atoms. The van der Waals surface area contributed by atoms with E-state index in [4.69, 9.17) is 0 Å². The van der Waals surface area contributed by atoms with Crippen LogP contribution < -0.4 is 5.32 Å². The summed E-state index contributed by atoms with van der Waals surface area (Å²) in [4.78, 5) is 0. The van der Waals surface area contributed by atoms with Crippen LogP contribution in [0.4, 0.5) is 0 Å². The molecule has 2 aliphatic carbocycles. The van der Waals surface area contributed by atoms with E-state index in [0.29, 0.717) is 11.5 Å². The lowest BCUT2D eigenvalue weighted by molar-refractivity contribution is 0.162. The number of nitrogens with one attached hydrogen (secondary N) is 1. The molecule has 1 nitrogen and oxygen atoms in total. The summed E-state index contributed by atoms with van der Waals surface area (Å²) < 4.78 is 0. The van der Waals surface area contributed by atoms with Gasteiger partial charge in [0.1, 0.15) is 0 Å². The summed E-state index contributed by atoms with van der Waals surface area (Å²) >= 11 is 0. The Morgan fingerprint density at radius 1 is 1.05 bits per heavy atom. The first-order valence-electron chi connectivity index (χ1n) is 8.68. The summed E-state index contributed by atoms with van der Waals surface area (Å²) in [5.74, 6) is 0. The average Bonchev–Trinajstić information content (AvgIpc) is 2.37. The Kier molecular flexibility index (Phi) is 5.94. The Morgan fingerprint density at radius 2 is 1.74 bits per heavy atom. The molecule has 0 aromatic carbocycles. The SMILES string of the molecule is CCNC(C1=CCCCCCC1)C1(C)CCCCC1. The number of hydrogen-bond acceptors (Lipinski definition) is 1. The number of hydrogen-bond donors (Lipinski definition) is 1. The van der Waals surface area contributed by atoms with Crippen molar-refractivity contribution in [2.45, 2.75) is 90.5 Å². The molecular weight excluding hydrogens is 230 g/mol. The first kappa shape index (κ1) is 15.1. The average molecular weight is 263 g/mol. The van der Waals surface area contributed by atoms with Crippen molar-refractivity contribution < 1.29 is 0 Å². The molecule has 0 heterocycles. The molecule has 0 aromatic rings. The number of allylic oxidation sites excluding steroid dienone is 1. The van der Waals surface area contributed by atoms with Crippen molar-refractivity contribution >= 4 is 0 Å². The molecular formula is C18H33N. The highest BCUT2D eigenvalue weighted by Gasteiger charge is 2.36. The molecule has 0 radical (unpaired) electrons. The summed E-state index contributed by atoms with van der Waals surface area (Å²) in [6.07, 6.45) is 18.1. The molecule has 1 heteroatoms. The topological polar surface area (TPSA) is 12.0 Å². The first-order valence-corrected chi connectivity index (χ1v) is 8.68. The lowest BCUT2D eigenvalue weighted by atomic mass is 9.67. The van der Waals surface area contributed by atoms with E-state index in [9.17, 15) is 0 Å². The highest BCUT2D eigenvalue weighted by atomic mass is 14.9. The summed E-state index contributed by atoms with van der Waals surface area (Å²) in [5, 5.41) is 3.84. The van der Waals surface area contributed by atoms with Gasteiger partial charge in [-0.1, -0.05) is 57.6 Å². The third-order valence-corrected chi connectivity index (χ3v) is 5.30. The Labute approximate surface area is 120 Å². The Hall–Kier alpha value is -0.300. The van der Waals surface area contributed by atoms with Crippen LogP contribution in [0.25, 0.3) is 0 Å². The smallest absolute Gasteiger partial charge is 0.0333 e. The molecule has 1 atom stereocenters. The summed E-state index contributed by atoms with van der Waals surface area (Å²) in [6.45, 7) is 5.92. The van der Waals surface area contributed by atoms with E-state index in [1.54, 1.807) is 5.57 Å². The van der Waals surface area contributed by atoms with Crippen molar-refractivity contribution in [1.29, 1.82) is 0 Å². The Bertz CT molecular complexity index is 286. The molecule has 1 unspecified atom stereocenters. The predicted molar refractivity (Wildman–Crippen MR) is 84.4 cm³/mol. The van der Waals surface area contributed by atoms with Crippen molar-refractivity contribution in [3.05, 3.63) is 11.6 Å². The fourth-order valence-electron chi connectivity index (χ4n) is 4.16. The van der Waals surface area contributed by atoms with Gasteiger partial charge >= 0.3 is 0 Å². The Morgan fingerprint density at radius 3 is 2.47 bits per heavy atom. The van der Waals surface area contributed by atoms with Crippen LogP contribution >= 0.6 is 0 Å². The van der Waals surface area contributed by atoms with Gasteiger partial charge in [0, 0.05) is 6.04 Å². The van der Waals surface area contributed by atoms with Crippen molar-refractivity contribution in [3.8, 4) is 0 Å². The molecule has 1 fully saturated rings. The highest BCUT2D eigenvalue weighted by molar-refractivity contribution is 5.17. The summed E-state index contributed by atoms with van der Waals surface area (Å²) in [7, 11) is 0. The van der Waals surface area contributed by atoms with Gasteiger partial charge in [-0.05, 0) is 50.5 Å². The van der Waals surface area contributed by atoms with E-state index in [1.165, 1.54) is 70.6 Å². The minimum atomic E-state index is 0.513.